The van der Waals surface area contributed by atoms with E-state index < -0.39 is 0 Å². The normalized spacial score (nSPS) is 23.5. The number of rotatable bonds is 3. The van der Waals surface area contributed by atoms with Crippen LogP contribution in [0.15, 0.2) is 29.5 Å². The molecule has 1 saturated heterocycles. The number of ether oxygens (including phenoxy) is 1. The zero-order valence-corrected chi connectivity index (χ0v) is 12.8. The molecule has 1 N–H and O–H groups in total. The van der Waals surface area contributed by atoms with E-state index >= 15 is 0 Å². The first-order chi connectivity index (χ1) is 11.3. The second-order valence-corrected chi connectivity index (χ2v) is 6.05. The van der Waals surface area contributed by atoms with Crippen LogP contribution in [-0.2, 0) is 17.6 Å². The van der Waals surface area contributed by atoms with E-state index in [9.17, 15) is 4.79 Å². The van der Waals surface area contributed by atoms with Crippen LogP contribution in [0.4, 0.5) is 5.82 Å². The van der Waals surface area contributed by atoms with Crippen molar-refractivity contribution in [1.82, 2.24) is 19.7 Å². The van der Waals surface area contributed by atoms with E-state index in [1.54, 1.807) is 29.3 Å². The molecule has 2 atom stereocenters. The first-order valence-electron chi connectivity index (χ1n) is 8.03. The molecular weight excluding hydrogens is 294 g/mol. The van der Waals surface area contributed by atoms with Gasteiger partial charge >= 0.3 is 0 Å². The van der Waals surface area contributed by atoms with E-state index in [2.05, 4.69) is 20.4 Å². The second kappa shape index (κ2) is 6.08. The van der Waals surface area contributed by atoms with Crippen molar-refractivity contribution in [3.05, 3.63) is 46.3 Å². The van der Waals surface area contributed by atoms with Crippen LogP contribution in [-0.4, -0.2) is 39.0 Å². The molecule has 0 saturated carbocycles. The molecule has 0 radical (unpaired) electrons. The minimum atomic E-state index is -0.128. The zero-order chi connectivity index (χ0) is 15.6. The molecular formula is C16H19N5O2. The van der Waals surface area contributed by atoms with Gasteiger partial charge in [-0.2, -0.15) is 5.10 Å². The number of aryl methyl sites for hydroxylation is 2. The molecule has 0 aromatic carbocycles. The molecule has 4 rings (SSSR count). The Labute approximate surface area is 133 Å². The maximum Gasteiger partial charge on any atom is 0.267 e. The van der Waals surface area contributed by atoms with E-state index in [0.29, 0.717) is 19.0 Å². The third-order valence-corrected chi connectivity index (χ3v) is 4.49. The van der Waals surface area contributed by atoms with Gasteiger partial charge in [0.2, 0.25) is 0 Å². The fourth-order valence-corrected chi connectivity index (χ4v) is 3.30. The van der Waals surface area contributed by atoms with Crippen molar-refractivity contribution in [2.75, 3.05) is 18.5 Å². The van der Waals surface area contributed by atoms with Crippen molar-refractivity contribution in [2.45, 2.75) is 37.8 Å². The van der Waals surface area contributed by atoms with Gasteiger partial charge in [0.1, 0.15) is 11.9 Å². The predicted octanol–water partition coefficient (Wildman–Crippen LogP) is 0.964. The summed E-state index contributed by atoms with van der Waals surface area (Å²) in [4.78, 5) is 20.7. The molecule has 120 valence electrons. The van der Waals surface area contributed by atoms with Gasteiger partial charge in [0.15, 0.2) is 0 Å². The second-order valence-electron chi connectivity index (χ2n) is 6.05. The molecule has 1 fully saturated rings. The van der Waals surface area contributed by atoms with Crippen molar-refractivity contribution >= 4 is 5.82 Å². The van der Waals surface area contributed by atoms with Crippen LogP contribution in [0.5, 0.6) is 0 Å². The van der Waals surface area contributed by atoms with Gasteiger partial charge in [0, 0.05) is 18.5 Å². The Morgan fingerprint density at radius 1 is 1.22 bits per heavy atom. The molecule has 2 unspecified atom stereocenters. The van der Waals surface area contributed by atoms with Gasteiger partial charge in [-0.1, -0.05) is 0 Å². The van der Waals surface area contributed by atoms with E-state index in [0.717, 1.165) is 36.9 Å². The third kappa shape index (κ3) is 2.84. The van der Waals surface area contributed by atoms with Crippen molar-refractivity contribution in [3.63, 3.8) is 0 Å². The van der Waals surface area contributed by atoms with Gasteiger partial charge in [0.05, 0.1) is 31.1 Å². The standard InChI is InChI=1S/C16H19N5O2/c22-16-7-11-3-1-2-4-12(11)20-21(16)14-10-23-9-13(14)19-15-8-17-5-6-18-15/h5-8,13-14H,1-4,9-10H2,(H,18,19). The highest BCUT2D eigenvalue weighted by Gasteiger charge is 2.32. The zero-order valence-electron chi connectivity index (χ0n) is 12.8. The van der Waals surface area contributed by atoms with Crippen LogP contribution in [0.25, 0.3) is 0 Å². The average molecular weight is 313 g/mol. The minimum Gasteiger partial charge on any atom is -0.377 e. The van der Waals surface area contributed by atoms with E-state index in [4.69, 9.17) is 4.74 Å². The summed E-state index contributed by atoms with van der Waals surface area (Å²) in [5, 5.41) is 7.93. The number of hydrogen-bond acceptors (Lipinski definition) is 6. The van der Waals surface area contributed by atoms with Crippen LogP contribution < -0.4 is 10.9 Å². The van der Waals surface area contributed by atoms with Crippen molar-refractivity contribution in [3.8, 4) is 0 Å². The molecule has 2 aliphatic rings. The first kappa shape index (κ1) is 14.3. The molecule has 7 nitrogen and oxygen atoms in total. The Balaban J connectivity index is 1.62. The minimum absolute atomic E-state index is 0.0430. The quantitative estimate of drug-likeness (QED) is 0.909. The number of aromatic nitrogens is 4. The van der Waals surface area contributed by atoms with Crippen LogP contribution in [0, 0.1) is 0 Å². The fourth-order valence-electron chi connectivity index (χ4n) is 3.30. The summed E-state index contributed by atoms with van der Waals surface area (Å²) in [6, 6.07) is 1.58. The largest absolute Gasteiger partial charge is 0.377 e. The van der Waals surface area contributed by atoms with Gasteiger partial charge in [0.25, 0.3) is 5.56 Å². The highest BCUT2D eigenvalue weighted by atomic mass is 16.5. The van der Waals surface area contributed by atoms with Crippen molar-refractivity contribution in [2.24, 2.45) is 0 Å². The molecule has 3 heterocycles. The van der Waals surface area contributed by atoms with Gasteiger partial charge in [-0.3, -0.25) is 9.78 Å². The summed E-state index contributed by atoms with van der Waals surface area (Å²) in [6.07, 6.45) is 9.12. The Morgan fingerprint density at radius 3 is 3.00 bits per heavy atom. The van der Waals surface area contributed by atoms with Gasteiger partial charge < -0.3 is 10.1 Å². The van der Waals surface area contributed by atoms with Crippen LogP contribution in [0.3, 0.4) is 0 Å². The van der Waals surface area contributed by atoms with Gasteiger partial charge in [-0.15, -0.1) is 0 Å². The summed E-state index contributed by atoms with van der Waals surface area (Å²) in [5.41, 5.74) is 2.11. The number of fused-ring (bicyclic) bond motifs is 1. The summed E-state index contributed by atoms with van der Waals surface area (Å²) < 4.78 is 7.17. The molecule has 2 aromatic rings. The lowest BCUT2D eigenvalue weighted by molar-refractivity contribution is 0.182. The van der Waals surface area contributed by atoms with Crippen LogP contribution in [0.2, 0.25) is 0 Å². The maximum absolute atomic E-state index is 12.5. The lowest BCUT2D eigenvalue weighted by Crippen LogP contribution is -2.38. The first-order valence-corrected chi connectivity index (χ1v) is 8.03. The van der Waals surface area contributed by atoms with Crippen LogP contribution in [0.1, 0.15) is 30.1 Å². The topological polar surface area (TPSA) is 81.9 Å². The Bertz CT molecular complexity index is 746. The average Bonchev–Trinajstić information content (AvgIpc) is 3.03. The smallest absolute Gasteiger partial charge is 0.267 e. The Kier molecular flexibility index (Phi) is 3.78. The van der Waals surface area contributed by atoms with E-state index in [-0.39, 0.29) is 17.6 Å². The van der Waals surface area contributed by atoms with E-state index in [1.165, 1.54) is 0 Å². The highest BCUT2D eigenvalue weighted by molar-refractivity contribution is 5.32. The maximum atomic E-state index is 12.5. The molecule has 0 spiro atoms. The summed E-state index contributed by atoms with van der Waals surface area (Å²) in [5.74, 6) is 0.680. The number of anilines is 1. The summed E-state index contributed by atoms with van der Waals surface area (Å²) in [7, 11) is 0. The lowest BCUT2D eigenvalue weighted by atomic mass is 9.97. The molecule has 1 aliphatic heterocycles. The number of hydrogen-bond donors (Lipinski definition) is 1. The molecule has 1 aliphatic carbocycles. The monoisotopic (exact) mass is 313 g/mol. The van der Waals surface area contributed by atoms with Crippen molar-refractivity contribution < 1.29 is 4.74 Å². The SMILES string of the molecule is O=c1cc2c(nn1C1COCC1Nc1cnccn1)CCCC2. The Morgan fingerprint density at radius 2 is 2.13 bits per heavy atom. The molecule has 0 bridgehead atoms. The number of nitrogens with one attached hydrogen (secondary N) is 1. The molecule has 23 heavy (non-hydrogen) atoms. The third-order valence-electron chi connectivity index (χ3n) is 4.49. The van der Waals surface area contributed by atoms with E-state index in [1.807, 2.05) is 0 Å². The summed E-state index contributed by atoms with van der Waals surface area (Å²) >= 11 is 0. The fraction of sp³-hybridized carbons (Fsp3) is 0.500. The number of nitrogens with zero attached hydrogens (tertiary/aromatic N) is 4. The van der Waals surface area contributed by atoms with Gasteiger partial charge in [-0.25, -0.2) is 9.67 Å². The lowest BCUT2D eigenvalue weighted by Gasteiger charge is -2.23. The summed E-state index contributed by atoms with van der Waals surface area (Å²) in [6.45, 7) is 0.996. The molecule has 2 aromatic heterocycles. The van der Waals surface area contributed by atoms with Gasteiger partial charge in [-0.05, 0) is 31.2 Å². The van der Waals surface area contributed by atoms with Crippen LogP contribution >= 0.6 is 0 Å². The predicted molar refractivity (Wildman–Crippen MR) is 84.4 cm³/mol. The molecule has 0 amide bonds. The Hall–Kier alpha value is -2.28. The highest BCUT2D eigenvalue weighted by Crippen LogP contribution is 2.23. The molecule has 7 heteroatoms. The van der Waals surface area contributed by atoms with Crippen molar-refractivity contribution in [1.29, 1.82) is 0 Å².